The fourth-order valence-electron chi connectivity index (χ4n) is 0.874. The first-order chi connectivity index (χ1) is 5.96. The summed E-state index contributed by atoms with van der Waals surface area (Å²) < 4.78 is 36.6. The first kappa shape index (κ1) is 9.87. The van der Waals surface area contributed by atoms with Gasteiger partial charge in [-0.2, -0.15) is 18.4 Å². The third kappa shape index (κ3) is 1.93. The Morgan fingerprint density at radius 2 is 1.92 bits per heavy atom. The molecule has 0 saturated heterocycles. The van der Waals surface area contributed by atoms with Gasteiger partial charge in [0.05, 0.1) is 16.1 Å². The average molecular weight is 206 g/mol. The number of halogens is 4. The van der Waals surface area contributed by atoms with E-state index in [-0.39, 0.29) is 5.02 Å². The predicted molar refractivity (Wildman–Crippen MR) is 41.2 cm³/mol. The molecule has 1 aromatic rings. The highest BCUT2D eigenvalue weighted by molar-refractivity contribution is 6.31. The Labute approximate surface area is 77.4 Å². The van der Waals surface area contributed by atoms with Crippen LogP contribution in [-0.2, 0) is 6.18 Å². The van der Waals surface area contributed by atoms with E-state index in [2.05, 4.69) is 0 Å². The molecule has 0 N–H and O–H groups in total. The van der Waals surface area contributed by atoms with Crippen molar-refractivity contribution in [2.75, 3.05) is 0 Å². The highest BCUT2D eigenvalue weighted by Crippen LogP contribution is 2.34. The number of rotatable bonds is 0. The van der Waals surface area contributed by atoms with Crippen LogP contribution in [0.5, 0.6) is 0 Å². The van der Waals surface area contributed by atoms with Gasteiger partial charge in [-0.3, -0.25) is 0 Å². The van der Waals surface area contributed by atoms with Crippen LogP contribution in [0.15, 0.2) is 18.2 Å². The number of hydrogen-bond donors (Lipinski definition) is 0. The molecule has 1 nitrogen and oxygen atoms in total. The van der Waals surface area contributed by atoms with Crippen molar-refractivity contribution in [3.63, 3.8) is 0 Å². The molecule has 5 heteroatoms. The van der Waals surface area contributed by atoms with Crippen molar-refractivity contribution < 1.29 is 13.2 Å². The van der Waals surface area contributed by atoms with Gasteiger partial charge in [0.25, 0.3) is 0 Å². The van der Waals surface area contributed by atoms with Gasteiger partial charge in [0.15, 0.2) is 0 Å². The minimum atomic E-state index is -4.53. The van der Waals surface area contributed by atoms with E-state index >= 15 is 0 Å². The van der Waals surface area contributed by atoms with Crippen molar-refractivity contribution in [2.24, 2.45) is 0 Å². The molecule has 1 aromatic carbocycles. The predicted octanol–water partition coefficient (Wildman–Crippen LogP) is 3.23. The van der Waals surface area contributed by atoms with Gasteiger partial charge in [0, 0.05) is 0 Å². The number of hydrogen-bond acceptors (Lipinski definition) is 1. The van der Waals surface area contributed by atoms with E-state index in [1.807, 2.05) is 0 Å². The van der Waals surface area contributed by atoms with E-state index in [9.17, 15) is 13.2 Å². The minimum absolute atomic E-state index is 0.183. The lowest BCUT2D eigenvalue weighted by Gasteiger charge is -2.08. The quantitative estimate of drug-likeness (QED) is 0.638. The highest BCUT2D eigenvalue weighted by atomic mass is 35.5. The smallest absolute Gasteiger partial charge is 0.192 e. The van der Waals surface area contributed by atoms with E-state index < -0.39 is 17.3 Å². The van der Waals surface area contributed by atoms with E-state index in [0.717, 1.165) is 12.1 Å². The zero-order valence-corrected chi connectivity index (χ0v) is 6.95. The molecule has 0 amide bonds. The largest absolute Gasteiger partial charge is 0.417 e. The summed E-state index contributed by atoms with van der Waals surface area (Å²) in [7, 11) is 0. The van der Waals surface area contributed by atoms with Crippen LogP contribution in [0.3, 0.4) is 0 Å². The van der Waals surface area contributed by atoms with Crippen molar-refractivity contribution in [3.8, 4) is 6.07 Å². The lowest BCUT2D eigenvalue weighted by atomic mass is 10.1. The highest BCUT2D eigenvalue weighted by Gasteiger charge is 2.34. The Balaban J connectivity index is 3.40. The van der Waals surface area contributed by atoms with Crippen LogP contribution in [-0.4, -0.2) is 0 Å². The molecule has 0 aliphatic rings. The average Bonchev–Trinajstić information content (AvgIpc) is 2.02. The second-order valence-corrected chi connectivity index (χ2v) is 2.68. The van der Waals surface area contributed by atoms with Gasteiger partial charge in [-0.25, -0.2) is 0 Å². The maximum Gasteiger partial charge on any atom is 0.417 e. The van der Waals surface area contributed by atoms with Crippen molar-refractivity contribution >= 4 is 11.6 Å². The molecule has 0 saturated carbocycles. The Kier molecular flexibility index (Phi) is 2.48. The van der Waals surface area contributed by atoms with E-state index in [0.29, 0.717) is 0 Å². The lowest BCUT2D eigenvalue weighted by Crippen LogP contribution is -2.07. The number of benzene rings is 1. The van der Waals surface area contributed by atoms with Gasteiger partial charge in [-0.05, 0) is 12.1 Å². The zero-order chi connectivity index (χ0) is 10.1. The van der Waals surface area contributed by atoms with Gasteiger partial charge in [-0.1, -0.05) is 17.7 Å². The second-order valence-electron chi connectivity index (χ2n) is 2.27. The molecule has 0 bridgehead atoms. The van der Waals surface area contributed by atoms with E-state index in [1.54, 1.807) is 0 Å². The maximum absolute atomic E-state index is 12.2. The summed E-state index contributed by atoms with van der Waals surface area (Å²) in [6, 6.07) is 4.65. The number of alkyl halides is 3. The summed E-state index contributed by atoms with van der Waals surface area (Å²) in [4.78, 5) is 0. The molecule has 0 radical (unpaired) electrons. The van der Waals surface area contributed by atoms with Crippen molar-refractivity contribution in [3.05, 3.63) is 34.3 Å². The van der Waals surface area contributed by atoms with E-state index in [4.69, 9.17) is 16.9 Å². The normalized spacial score (nSPS) is 11.0. The van der Waals surface area contributed by atoms with Crippen LogP contribution >= 0.6 is 11.6 Å². The van der Waals surface area contributed by atoms with Crippen molar-refractivity contribution in [2.45, 2.75) is 6.18 Å². The Hall–Kier alpha value is -1.21. The standard InChI is InChI=1S/C8H3ClF3N/c9-7-3-1-2-6(5(7)4-13)8(10,11)12/h1-3H. The molecular weight excluding hydrogens is 203 g/mol. The fraction of sp³-hybridized carbons (Fsp3) is 0.125. The number of nitriles is 1. The van der Waals surface area contributed by atoms with Crippen LogP contribution < -0.4 is 0 Å². The summed E-state index contributed by atoms with van der Waals surface area (Å²) in [6.45, 7) is 0. The first-order valence-corrected chi connectivity index (χ1v) is 3.60. The van der Waals surface area contributed by atoms with Gasteiger partial charge >= 0.3 is 6.18 Å². The van der Waals surface area contributed by atoms with Crippen molar-refractivity contribution in [1.82, 2.24) is 0 Å². The molecule has 0 unspecified atom stereocenters. The molecule has 13 heavy (non-hydrogen) atoms. The molecular formula is C8H3ClF3N. The summed E-state index contributed by atoms with van der Waals surface area (Å²) in [5.41, 5.74) is -1.53. The molecule has 0 atom stereocenters. The zero-order valence-electron chi connectivity index (χ0n) is 6.19. The molecule has 0 fully saturated rings. The van der Waals surface area contributed by atoms with Crippen LogP contribution in [0.1, 0.15) is 11.1 Å². The molecule has 0 spiro atoms. The topological polar surface area (TPSA) is 23.8 Å². The van der Waals surface area contributed by atoms with Gasteiger partial charge < -0.3 is 0 Å². The molecule has 0 aliphatic carbocycles. The van der Waals surface area contributed by atoms with Gasteiger partial charge in [0.2, 0.25) is 0 Å². The summed E-state index contributed by atoms with van der Waals surface area (Å²) in [5, 5.41) is 8.25. The molecule has 0 heterocycles. The Morgan fingerprint density at radius 1 is 1.31 bits per heavy atom. The fourth-order valence-corrected chi connectivity index (χ4v) is 1.09. The summed E-state index contributed by atoms with van der Waals surface area (Å²) in [6.07, 6.45) is -4.53. The summed E-state index contributed by atoms with van der Waals surface area (Å²) in [5.74, 6) is 0. The monoisotopic (exact) mass is 205 g/mol. The van der Waals surface area contributed by atoms with E-state index in [1.165, 1.54) is 12.1 Å². The SMILES string of the molecule is N#Cc1c(Cl)cccc1C(F)(F)F. The van der Waals surface area contributed by atoms with Gasteiger partial charge in [0.1, 0.15) is 6.07 Å². The Bertz CT molecular complexity index is 365. The third-order valence-electron chi connectivity index (χ3n) is 1.43. The minimum Gasteiger partial charge on any atom is -0.192 e. The molecule has 68 valence electrons. The molecule has 0 aromatic heterocycles. The second kappa shape index (κ2) is 3.27. The van der Waals surface area contributed by atoms with Crippen LogP contribution in [0.4, 0.5) is 13.2 Å². The Morgan fingerprint density at radius 3 is 2.31 bits per heavy atom. The molecule has 1 rings (SSSR count). The lowest BCUT2D eigenvalue weighted by molar-refractivity contribution is -0.137. The van der Waals surface area contributed by atoms with Crippen LogP contribution in [0.2, 0.25) is 5.02 Å². The third-order valence-corrected chi connectivity index (χ3v) is 1.75. The van der Waals surface area contributed by atoms with Crippen LogP contribution in [0, 0.1) is 11.3 Å². The summed E-state index contributed by atoms with van der Waals surface area (Å²) >= 11 is 5.41. The van der Waals surface area contributed by atoms with Gasteiger partial charge in [-0.15, -0.1) is 0 Å². The first-order valence-electron chi connectivity index (χ1n) is 3.22. The molecule has 0 aliphatic heterocycles. The van der Waals surface area contributed by atoms with Crippen molar-refractivity contribution in [1.29, 1.82) is 5.26 Å². The maximum atomic E-state index is 12.2. The van der Waals surface area contributed by atoms with Crippen LogP contribution in [0.25, 0.3) is 0 Å². The number of nitrogens with zero attached hydrogens (tertiary/aromatic N) is 1.